The van der Waals surface area contributed by atoms with Crippen molar-refractivity contribution in [3.8, 4) is 5.75 Å². The molecule has 1 unspecified atom stereocenters. The lowest BCUT2D eigenvalue weighted by molar-refractivity contribution is -0.139. The lowest BCUT2D eigenvalue weighted by Crippen LogP contribution is -2.41. The molecule has 128 valence electrons. The van der Waals surface area contributed by atoms with E-state index in [2.05, 4.69) is 4.74 Å². The Kier molecular flexibility index (Phi) is 5.08. The summed E-state index contributed by atoms with van der Waals surface area (Å²) in [6, 6.07) is 1.31. The van der Waals surface area contributed by atoms with Crippen molar-refractivity contribution in [1.82, 2.24) is 4.90 Å². The van der Waals surface area contributed by atoms with Crippen LogP contribution in [0.2, 0.25) is 5.02 Å². The number of halogens is 2. The fraction of sp³-hybridized carbons (Fsp3) is 0.267. The number of hydrogen-bond acceptors (Lipinski definition) is 5. The largest absolute Gasteiger partial charge is 0.492 e. The molecule has 0 fully saturated rings. The van der Waals surface area contributed by atoms with Gasteiger partial charge in [0.05, 0.1) is 25.3 Å². The van der Waals surface area contributed by atoms with Crippen LogP contribution in [-0.4, -0.2) is 42.1 Å². The third kappa shape index (κ3) is 3.05. The molecule has 0 aliphatic carbocycles. The van der Waals surface area contributed by atoms with Gasteiger partial charge in [-0.15, -0.1) is 0 Å². The van der Waals surface area contributed by atoms with Gasteiger partial charge in [-0.1, -0.05) is 17.7 Å². The van der Waals surface area contributed by atoms with E-state index in [1.54, 1.807) is 0 Å². The molecule has 1 aromatic rings. The van der Waals surface area contributed by atoms with Gasteiger partial charge in [-0.3, -0.25) is 9.69 Å². The van der Waals surface area contributed by atoms with Gasteiger partial charge in [0.1, 0.15) is 5.70 Å². The summed E-state index contributed by atoms with van der Waals surface area (Å²) in [5.41, 5.74) is -0.624. The number of allylic oxidation sites excluding steroid dienone is 1. The van der Waals surface area contributed by atoms with Crippen molar-refractivity contribution in [2.45, 2.75) is 12.5 Å². The molecule has 7 nitrogen and oxygen atoms in total. The molecular weight excluding hydrogens is 345 g/mol. The minimum Gasteiger partial charge on any atom is -0.492 e. The Labute approximate surface area is 141 Å². The second-order valence-corrected chi connectivity index (χ2v) is 5.25. The number of carboxylic acid groups (broad SMARTS) is 1. The van der Waals surface area contributed by atoms with Gasteiger partial charge >= 0.3 is 12.1 Å². The lowest BCUT2D eigenvalue weighted by atomic mass is 9.94. The standard InChI is InChI=1S/C15H13ClFNO6/c1-23-13-9(16)4-3-8(12(13)17)10-5-7(19)6-11(14(20)24-2)18(10)15(21)22/h3-4,6,10H,5H2,1-2H3,(H,21,22). The first-order valence-electron chi connectivity index (χ1n) is 6.68. The zero-order valence-electron chi connectivity index (χ0n) is 12.7. The van der Waals surface area contributed by atoms with Gasteiger partial charge in [0, 0.05) is 18.1 Å². The zero-order valence-corrected chi connectivity index (χ0v) is 13.5. The number of carbonyl (C=O) groups is 3. The van der Waals surface area contributed by atoms with Crippen LogP contribution in [0.5, 0.6) is 5.75 Å². The Morgan fingerprint density at radius 1 is 1.38 bits per heavy atom. The van der Waals surface area contributed by atoms with E-state index in [1.807, 2.05) is 0 Å². The second-order valence-electron chi connectivity index (χ2n) is 4.84. The normalized spacial score (nSPS) is 17.3. The number of rotatable bonds is 3. The molecule has 1 aliphatic heterocycles. The Bertz CT molecular complexity index is 748. The van der Waals surface area contributed by atoms with Crippen LogP contribution >= 0.6 is 11.6 Å². The first-order chi connectivity index (χ1) is 11.3. The summed E-state index contributed by atoms with van der Waals surface area (Å²) in [6.45, 7) is 0. The highest BCUT2D eigenvalue weighted by Crippen LogP contribution is 2.39. The minimum absolute atomic E-state index is 0.00788. The van der Waals surface area contributed by atoms with Gasteiger partial charge < -0.3 is 14.6 Å². The summed E-state index contributed by atoms with van der Waals surface area (Å²) in [4.78, 5) is 35.9. The van der Waals surface area contributed by atoms with E-state index in [9.17, 15) is 23.9 Å². The van der Waals surface area contributed by atoms with Crippen molar-refractivity contribution in [2.75, 3.05) is 14.2 Å². The first kappa shape index (κ1) is 17.7. The molecule has 1 atom stereocenters. The Morgan fingerprint density at radius 2 is 2.04 bits per heavy atom. The fourth-order valence-electron chi connectivity index (χ4n) is 2.47. The zero-order chi connectivity index (χ0) is 18.0. The van der Waals surface area contributed by atoms with E-state index in [1.165, 1.54) is 19.2 Å². The van der Waals surface area contributed by atoms with E-state index in [0.29, 0.717) is 4.90 Å². The van der Waals surface area contributed by atoms with Gasteiger partial charge in [0.2, 0.25) is 0 Å². The number of hydrogen-bond donors (Lipinski definition) is 1. The van der Waals surface area contributed by atoms with Gasteiger partial charge in [0.25, 0.3) is 0 Å². The summed E-state index contributed by atoms with van der Waals surface area (Å²) >= 11 is 5.82. The maximum absolute atomic E-state index is 14.6. The van der Waals surface area contributed by atoms with E-state index >= 15 is 0 Å². The number of ketones is 1. The topological polar surface area (TPSA) is 93.1 Å². The van der Waals surface area contributed by atoms with Crippen molar-refractivity contribution in [3.05, 3.63) is 40.3 Å². The lowest BCUT2D eigenvalue weighted by Gasteiger charge is -2.33. The number of nitrogens with zero attached hydrogens (tertiary/aromatic N) is 1. The highest BCUT2D eigenvalue weighted by atomic mass is 35.5. The number of ether oxygens (including phenoxy) is 2. The van der Waals surface area contributed by atoms with Gasteiger partial charge in [-0.05, 0) is 6.07 Å². The van der Waals surface area contributed by atoms with E-state index in [0.717, 1.165) is 13.2 Å². The van der Waals surface area contributed by atoms with Crippen LogP contribution in [0.15, 0.2) is 23.9 Å². The summed E-state index contributed by atoms with van der Waals surface area (Å²) in [6.07, 6.45) is -1.01. The molecule has 1 amide bonds. The molecule has 0 bridgehead atoms. The molecule has 1 aromatic carbocycles. The summed E-state index contributed by atoms with van der Waals surface area (Å²) in [7, 11) is 2.25. The van der Waals surface area contributed by atoms with Crippen molar-refractivity contribution in [3.63, 3.8) is 0 Å². The molecule has 1 N–H and O–H groups in total. The quantitative estimate of drug-likeness (QED) is 0.835. The molecule has 9 heteroatoms. The highest BCUT2D eigenvalue weighted by molar-refractivity contribution is 6.32. The third-order valence-corrected chi connectivity index (χ3v) is 3.80. The van der Waals surface area contributed by atoms with E-state index < -0.39 is 35.4 Å². The average Bonchev–Trinajstić information content (AvgIpc) is 2.53. The smallest absolute Gasteiger partial charge is 0.412 e. The predicted molar refractivity (Wildman–Crippen MR) is 80.3 cm³/mol. The number of benzene rings is 1. The number of esters is 1. The molecule has 24 heavy (non-hydrogen) atoms. The van der Waals surface area contributed by atoms with E-state index in [-0.39, 0.29) is 22.8 Å². The summed E-state index contributed by atoms with van der Waals surface area (Å²) < 4.78 is 24.0. The Hall–Kier alpha value is -2.61. The highest BCUT2D eigenvalue weighted by Gasteiger charge is 2.39. The van der Waals surface area contributed by atoms with Crippen molar-refractivity contribution >= 4 is 29.4 Å². The molecule has 2 rings (SSSR count). The van der Waals surface area contributed by atoms with Gasteiger partial charge in [-0.2, -0.15) is 0 Å². The second kappa shape index (κ2) is 6.88. The van der Waals surface area contributed by atoms with Crippen LogP contribution < -0.4 is 4.74 Å². The van der Waals surface area contributed by atoms with Crippen LogP contribution in [0.1, 0.15) is 18.0 Å². The van der Waals surface area contributed by atoms with Crippen molar-refractivity contribution < 1.29 is 33.4 Å². The van der Waals surface area contributed by atoms with Crippen molar-refractivity contribution in [2.24, 2.45) is 0 Å². The van der Waals surface area contributed by atoms with Crippen LogP contribution in [0.3, 0.4) is 0 Å². The van der Waals surface area contributed by atoms with Gasteiger partial charge in [-0.25, -0.2) is 14.0 Å². The minimum atomic E-state index is -1.53. The van der Waals surface area contributed by atoms with Crippen LogP contribution in [-0.2, 0) is 14.3 Å². The fourth-order valence-corrected chi connectivity index (χ4v) is 2.69. The molecule has 1 heterocycles. The van der Waals surface area contributed by atoms with Crippen molar-refractivity contribution in [1.29, 1.82) is 0 Å². The van der Waals surface area contributed by atoms with E-state index in [4.69, 9.17) is 16.3 Å². The van der Waals surface area contributed by atoms with Crippen LogP contribution in [0, 0.1) is 5.82 Å². The number of carbonyl (C=O) groups excluding carboxylic acids is 2. The van der Waals surface area contributed by atoms with Gasteiger partial charge in [0.15, 0.2) is 17.3 Å². The average molecular weight is 358 g/mol. The molecule has 0 radical (unpaired) electrons. The van der Waals surface area contributed by atoms with Crippen LogP contribution in [0.25, 0.3) is 0 Å². The Morgan fingerprint density at radius 3 is 2.58 bits per heavy atom. The SMILES string of the molecule is COC(=O)C1=CC(=O)CC(c2ccc(Cl)c(OC)c2F)N1C(=O)O. The first-order valence-corrected chi connectivity index (χ1v) is 7.06. The molecule has 1 aliphatic rings. The summed E-state index contributed by atoms with van der Waals surface area (Å²) in [5, 5.41) is 9.42. The molecular formula is C15H13ClFNO6. The molecule has 0 spiro atoms. The molecule has 0 saturated heterocycles. The molecule has 0 saturated carbocycles. The maximum Gasteiger partial charge on any atom is 0.412 e. The third-order valence-electron chi connectivity index (χ3n) is 3.51. The number of amides is 1. The maximum atomic E-state index is 14.6. The van der Waals surface area contributed by atoms with Crippen LogP contribution in [0.4, 0.5) is 9.18 Å². The monoisotopic (exact) mass is 357 g/mol. The summed E-state index contributed by atoms with van der Waals surface area (Å²) in [5.74, 6) is -2.73. The Balaban J connectivity index is 2.61. The number of methoxy groups -OCH3 is 2. The predicted octanol–water partition coefficient (Wildman–Crippen LogP) is 2.54. The molecule has 0 aromatic heterocycles.